The highest BCUT2D eigenvalue weighted by Gasteiger charge is 2.11. The Hall–Kier alpha value is -4.38. The van der Waals surface area contributed by atoms with Gasteiger partial charge in [-0.15, -0.1) is 10.2 Å². The number of benzene rings is 4. The first-order chi connectivity index (χ1) is 17.1. The van der Waals surface area contributed by atoms with E-state index in [1.807, 2.05) is 97.1 Å². The molecule has 0 spiro atoms. The normalized spacial score (nSPS) is 10.8. The molecule has 1 aromatic heterocycles. The summed E-state index contributed by atoms with van der Waals surface area (Å²) in [6.07, 6.45) is 0. The number of nitrogens with zero attached hydrogens (tertiary/aromatic N) is 2. The molecule has 5 heteroatoms. The average Bonchev–Trinajstić information content (AvgIpc) is 3.39. The van der Waals surface area contributed by atoms with E-state index in [1.165, 1.54) is 11.1 Å². The van der Waals surface area contributed by atoms with Crippen molar-refractivity contribution in [1.29, 1.82) is 0 Å². The average molecular weight is 463 g/mol. The van der Waals surface area contributed by atoms with Crippen molar-refractivity contribution in [3.8, 4) is 34.4 Å². The third kappa shape index (κ3) is 5.76. The van der Waals surface area contributed by atoms with Crippen LogP contribution in [0.25, 0.3) is 22.9 Å². The molecular weight excluding hydrogens is 436 g/mol. The van der Waals surface area contributed by atoms with Gasteiger partial charge in [0, 0.05) is 11.1 Å². The minimum Gasteiger partial charge on any atom is -0.489 e. The van der Waals surface area contributed by atoms with Gasteiger partial charge in [-0.3, -0.25) is 0 Å². The Balaban J connectivity index is 1.19. The Bertz CT molecular complexity index is 1260. The molecule has 5 nitrogen and oxygen atoms in total. The Labute approximate surface area is 205 Å². The summed E-state index contributed by atoms with van der Waals surface area (Å²) in [7, 11) is 0. The van der Waals surface area contributed by atoms with E-state index in [1.54, 1.807) is 0 Å². The molecule has 0 saturated heterocycles. The lowest BCUT2D eigenvalue weighted by molar-refractivity contribution is 0.306. The van der Waals surface area contributed by atoms with Gasteiger partial charge in [0.25, 0.3) is 0 Å². The maximum Gasteiger partial charge on any atom is 0.248 e. The Morgan fingerprint density at radius 3 is 1.26 bits per heavy atom. The molecule has 0 unspecified atom stereocenters. The summed E-state index contributed by atoms with van der Waals surface area (Å²) in [5.41, 5.74) is 6.29. The predicted molar refractivity (Wildman–Crippen MR) is 136 cm³/mol. The van der Waals surface area contributed by atoms with Gasteiger partial charge in [0.1, 0.15) is 24.7 Å². The Kier molecular flexibility index (Phi) is 6.57. The van der Waals surface area contributed by atoms with Crippen molar-refractivity contribution in [1.82, 2.24) is 10.2 Å². The number of aromatic nitrogens is 2. The van der Waals surface area contributed by atoms with Gasteiger partial charge < -0.3 is 13.9 Å². The zero-order valence-electron chi connectivity index (χ0n) is 19.8. The fourth-order valence-electron chi connectivity index (χ4n) is 3.55. The van der Waals surface area contributed by atoms with Crippen LogP contribution in [0.15, 0.2) is 101 Å². The third-order valence-corrected chi connectivity index (χ3v) is 5.68. The molecular formula is C30H26N2O3. The number of aryl methyl sites for hydroxylation is 2. The number of rotatable bonds is 8. The van der Waals surface area contributed by atoms with Crippen LogP contribution in [0.2, 0.25) is 0 Å². The van der Waals surface area contributed by atoms with Crippen LogP contribution in [0, 0.1) is 13.8 Å². The fourth-order valence-corrected chi connectivity index (χ4v) is 3.55. The Morgan fingerprint density at radius 1 is 0.514 bits per heavy atom. The second-order valence-corrected chi connectivity index (χ2v) is 8.51. The monoisotopic (exact) mass is 462 g/mol. The van der Waals surface area contributed by atoms with Gasteiger partial charge in [0.2, 0.25) is 11.8 Å². The molecule has 0 aliphatic rings. The van der Waals surface area contributed by atoms with E-state index in [0.717, 1.165) is 33.8 Å². The van der Waals surface area contributed by atoms with Crippen LogP contribution in [0.4, 0.5) is 0 Å². The smallest absolute Gasteiger partial charge is 0.248 e. The van der Waals surface area contributed by atoms with Crippen molar-refractivity contribution in [2.75, 3.05) is 0 Å². The second-order valence-electron chi connectivity index (χ2n) is 8.51. The van der Waals surface area contributed by atoms with Crippen LogP contribution in [0.3, 0.4) is 0 Å². The second kappa shape index (κ2) is 10.3. The van der Waals surface area contributed by atoms with Gasteiger partial charge in [-0.2, -0.15) is 0 Å². The number of hydrogen-bond donors (Lipinski definition) is 0. The van der Waals surface area contributed by atoms with Crippen LogP contribution in [0.5, 0.6) is 11.5 Å². The minimum atomic E-state index is 0.484. The molecule has 1 heterocycles. The molecule has 0 saturated carbocycles. The third-order valence-electron chi connectivity index (χ3n) is 5.68. The highest BCUT2D eigenvalue weighted by atomic mass is 16.5. The van der Waals surface area contributed by atoms with Crippen LogP contribution >= 0.6 is 0 Å². The zero-order chi connectivity index (χ0) is 24.0. The maximum atomic E-state index is 5.93. The maximum absolute atomic E-state index is 5.93. The summed E-state index contributed by atoms with van der Waals surface area (Å²) in [6.45, 7) is 5.11. The molecule has 4 aromatic carbocycles. The van der Waals surface area contributed by atoms with Crippen molar-refractivity contribution >= 4 is 0 Å². The molecule has 5 aromatic rings. The molecule has 0 aliphatic heterocycles. The molecule has 0 aliphatic carbocycles. The highest BCUT2D eigenvalue weighted by molar-refractivity contribution is 5.58. The molecule has 5 rings (SSSR count). The summed E-state index contributed by atoms with van der Waals surface area (Å²) >= 11 is 0. The van der Waals surface area contributed by atoms with Crippen molar-refractivity contribution < 1.29 is 13.9 Å². The quantitative estimate of drug-likeness (QED) is 0.244. The minimum absolute atomic E-state index is 0.484. The lowest BCUT2D eigenvalue weighted by Gasteiger charge is -2.07. The summed E-state index contributed by atoms with van der Waals surface area (Å²) in [5.74, 6) is 2.68. The summed E-state index contributed by atoms with van der Waals surface area (Å²) in [5, 5.41) is 8.45. The van der Waals surface area contributed by atoms with Crippen molar-refractivity contribution in [3.63, 3.8) is 0 Å². The summed E-state index contributed by atoms with van der Waals surface area (Å²) in [4.78, 5) is 0. The van der Waals surface area contributed by atoms with Gasteiger partial charge >= 0.3 is 0 Å². The van der Waals surface area contributed by atoms with E-state index in [4.69, 9.17) is 13.9 Å². The van der Waals surface area contributed by atoms with Crippen LogP contribution < -0.4 is 9.47 Å². The highest BCUT2D eigenvalue weighted by Crippen LogP contribution is 2.25. The van der Waals surface area contributed by atoms with E-state index in [2.05, 4.69) is 24.0 Å². The lowest BCUT2D eigenvalue weighted by atomic mass is 10.1. The van der Waals surface area contributed by atoms with Crippen LogP contribution in [-0.2, 0) is 13.2 Å². The first-order valence-corrected chi connectivity index (χ1v) is 11.5. The van der Waals surface area contributed by atoms with Gasteiger partial charge in [-0.25, -0.2) is 0 Å². The molecule has 0 fully saturated rings. The molecule has 0 N–H and O–H groups in total. The molecule has 35 heavy (non-hydrogen) atoms. The summed E-state index contributed by atoms with van der Waals surface area (Å²) < 4.78 is 17.6. The van der Waals surface area contributed by atoms with Crippen molar-refractivity contribution in [2.45, 2.75) is 27.1 Å². The van der Waals surface area contributed by atoms with E-state index in [0.29, 0.717) is 25.0 Å². The first-order valence-electron chi connectivity index (χ1n) is 11.5. The van der Waals surface area contributed by atoms with E-state index < -0.39 is 0 Å². The molecule has 0 bridgehead atoms. The molecule has 0 radical (unpaired) electrons. The zero-order valence-corrected chi connectivity index (χ0v) is 19.8. The SMILES string of the molecule is Cc1ccc(OCc2ccc(-c3nnc(-c4ccc(COc5ccc(C)cc5)cc4)o3)cc2)cc1. The predicted octanol–water partition coefficient (Wildman–Crippen LogP) is 7.18. The number of ether oxygens (including phenoxy) is 2. The molecule has 174 valence electrons. The van der Waals surface area contributed by atoms with E-state index in [-0.39, 0.29) is 0 Å². The van der Waals surface area contributed by atoms with Gasteiger partial charge in [-0.05, 0) is 73.5 Å². The Morgan fingerprint density at radius 2 is 0.886 bits per heavy atom. The number of hydrogen-bond acceptors (Lipinski definition) is 5. The van der Waals surface area contributed by atoms with Gasteiger partial charge in [0.05, 0.1) is 0 Å². The van der Waals surface area contributed by atoms with Crippen molar-refractivity contribution in [3.05, 3.63) is 119 Å². The molecule has 0 atom stereocenters. The van der Waals surface area contributed by atoms with Crippen LogP contribution in [0.1, 0.15) is 22.3 Å². The first kappa shape index (κ1) is 22.4. The summed E-state index contributed by atoms with van der Waals surface area (Å²) in [6, 6.07) is 32.0. The van der Waals surface area contributed by atoms with Crippen molar-refractivity contribution in [2.24, 2.45) is 0 Å². The topological polar surface area (TPSA) is 57.4 Å². The lowest BCUT2D eigenvalue weighted by Crippen LogP contribution is -1.95. The van der Waals surface area contributed by atoms with E-state index >= 15 is 0 Å². The van der Waals surface area contributed by atoms with Gasteiger partial charge in [0.15, 0.2) is 0 Å². The fraction of sp³-hybridized carbons (Fsp3) is 0.133. The molecule has 0 amide bonds. The largest absolute Gasteiger partial charge is 0.489 e. The standard InChI is InChI=1S/C30H26N2O3/c1-21-3-15-27(16-4-21)33-19-23-7-11-25(12-8-23)29-31-32-30(35-29)26-13-9-24(10-14-26)20-34-28-17-5-22(2)6-18-28/h3-18H,19-20H2,1-2H3. The van der Waals surface area contributed by atoms with Crippen LogP contribution in [-0.4, -0.2) is 10.2 Å². The van der Waals surface area contributed by atoms with Gasteiger partial charge in [-0.1, -0.05) is 59.7 Å². The van der Waals surface area contributed by atoms with E-state index in [9.17, 15) is 0 Å².